The van der Waals surface area contributed by atoms with Crippen LogP contribution in [0.4, 0.5) is 9.80 Å². The van der Waals surface area contributed by atoms with Gasteiger partial charge in [-0.25, -0.2) is 9.59 Å². The monoisotopic (exact) mass is 507 g/mol. The standard InChI is InChI=1S/C25H21N3O7S/c26-21-19(24(31)32)14-9-10-27(25(33)34)16(20(14)36-21)11-28-22(29)15-7-4-8-17(18(15)23(28)30)35-12-13-5-2-1-3-6-13/h1-8,16H,9-12,26H2,(H,31,32)(H,33,34). The van der Waals surface area contributed by atoms with Crippen molar-refractivity contribution in [1.82, 2.24) is 9.80 Å². The molecule has 11 heteroatoms. The van der Waals surface area contributed by atoms with Crippen LogP contribution >= 0.6 is 11.3 Å². The van der Waals surface area contributed by atoms with Crippen molar-refractivity contribution in [3.63, 3.8) is 0 Å². The van der Waals surface area contributed by atoms with Crippen molar-refractivity contribution in [1.29, 1.82) is 0 Å². The topological polar surface area (TPSA) is 150 Å². The first-order chi connectivity index (χ1) is 17.3. The molecule has 5 rings (SSSR count). The van der Waals surface area contributed by atoms with Crippen LogP contribution in [0.2, 0.25) is 0 Å². The molecule has 2 aromatic carbocycles. The Morgan fingerprint density at radius 2 is 1.81 bits per heavy atom. The zero-order valence-electron chi connectivity index (χ0n) is 18.8. The SMILES string of the molecule is Nc1sc2c(c1C(=O)O)CCN(C(=O)O)C2CN1C(=O)c2cccc(OCc3ccccc3)c2C1=O. The number of carboxylic acids is 1. The molecule has 0 saturated carbocycles. The molecule has 0 saturated heterocycles. The number of rotatable bonds is 6. The fraction of sp³-hybridized carbons (Fsp3) is 0.200. The van der Waals surface area contributed by atoms with Crippen LogP contribution < -0.4 is 10.5 Å². The summed E-state index contributed by atoms with van der Waals surface area (Å²) in [6, 6.07) is 13.2. The summed E-state index contributed by atoms with van der Waals surface area (Å²) in [5, 5.41) is 19.4. The number of carboxylic acid groups (broad SMARTS) is 2. The van der Waals surface area contributed by atoms with Crippen LogP contribution in [0.1, 0.15) is 53.1 Å². The van der Waals surface area contributed by atoms with Crippen LogP contribution in [0.3, 0.4) is 0 Å². The Labute approximate surface area is 209 Å². The molecular weight excluding hydrogens is 486 g/mol. The summed E-state index contributed by atoms with van der Waals surface area (Å²) in [4.78, 5) is 52.9. The largest absolute Gasteiger partial charge is 0.488 e. The van der Waals surface area contributed by atoms with E-state index in [4.69, 9.17) is 10.5 Å². The molecule has 10 nitrogen and oxygen atoms in total. The smallest absolute Gasteiger partial charge is 0.407 e. The first kappa shape index (κ1) is 23.4. The number of anilines is 1. The molecule has 3 heterocycles. The second kappa shape index (κ2) is 9.00. The third-order valence-corrected chi connectivity index (χ3v) is 7.52. The number of amides is 3. The predicted octanol–water partition coefficient (Wildman–Crippen LogP) is 3.48. The lowest BCUT2D eigenvalue weighted by Gasteiger charge is -2.35. The zero-order valence-corrected chi connectivity index (χ0v) is 19.7. The Balaban J connectivity index is 1.46. The summed E-state index contributed by atoms with van der Waals surface area (Å²) in [7, 11) is 0. The van der Waals surface area contributed by atoms with Gasteiger partial charge < -0.3 is 20.7 Å². The number of benzene rings is 2. The number of hydrogen-bond donors (Lipinski definition) is 3. The van der Waals surface area contributed by atoms with Gasteiger partial charge in [0, 0.05) is 11.4 Å². The van der Waals surface area contributed by atoms with E-state index in [-0.39, 0.29) is 53.6 Å². The average Bonchev–Trinajstić information content (AvgIpc) is 3.32. The average molecular weight is 508 g/mol. The molecule has 2 aliphatic heterocycles. The van der Waals surface area contributed by atoms with Gasteiger partial charge in [0.05, 0.1) is 29.3 Å². The Bertz CT molecular complexity index is 1400. The Kier molecular flexibility index (Phi) is 5.84. The van der Waals surface area contributed by atoms with Gasteiger partial charge in [-0.2, -0.15) is 0 Å². The Morgan fingerprint density at radius 3 is 2.50 bits per heavy atom. The number of aromatic carboxylic acids is 1. The number of carbonyl (C=O) groups is 4. The van der Waals surface area contributed by atoms with Crippen molar-refractivity contribution in [2.24, 2.45) is 0 Å². The lowest BCUT2D eigenvalue weighted by atomic mass is 9.97. The second-order valence-corrected chi connectivity index (χ2v) is 9.49. The second-order valence-electron chi connectivity index (χ2n) is 8.40. The van der Waals surface area contributed by atoms with Crippen molar-refractivity contribution in [2.45, 2.75) is 19.1 Å². The summed E-state index contributed by atoms with van der Waals surface area (Å²) >= 11 is 0.971. The highest BCUT2D eigenvalue weighted by Crippen LogP contribution is 2.42. The van der Waals surface area contributed by atoms with E-state index in [2.05, 4.69) is 0 Å². The molecule has 2 aliphatic rings. The van der Waals surface area contributed by atoms with Crippen LogP contribution in [0.25, 0.3) is 0 Å². The minimum atomic E-state index is -1.24. The molecule has 1 unspecified atom stereocenters. The van der Waals surface area contributed by atoms with Gasteiger partial charge in [0.1, 0.15) is 17.4 Å². The summed E-state index contributed by atoms with van der Waals surface area (Å²) in [5.41, 5.74) is 7.51. The molecule has 0 radical (unpaired) electrons. The molecule has 0 bridgehead atoms. The molecule has 0 spiro atoms. The van der Waals surface area contributed by atoms with Crippen LogP contribution in [-0.2, 0) is 13.0 Å². The van der Waals surface area contributed by atoms with Crippen molar-refractivity contribution in [3.8, 4) is 5.75 Å². The predicted molar refractivity (Wildman–Crippen MR) is 129 cm³/mol. The molecule has 0 aliphatic carbocycles. The van der Waals surface area contributed by atoms with E-state index in [0.29, 0.717) is 10.4 Å². The van der Waals surface area contributed by atoms with Gasteiger partial charge in [-0.15, -0.1) is 11.3 Å². The van der Waals surface area contributed by atoms with E-state index in [9.17, 15) is 29.4 Å². The van der Waals surface area contributed by atoms with E-state index < -0.39 is 29.9 Å². The van der Waals surface area contributed by atoms with Crippen molar-refractivity contribution < 1.29 is 34.1 Å². The highest BCUT2D eigenvalue weighted by atomic mass is 32.1. The van der Waals surface area contributed by atoms with Gasteiger partial charge >= 0.3 is 12.1 Å². The molecule has 0 fully saturated rings. The molecule has 3 amide bonds. The van der Waals surface area contributed by atoms with Gasteiger partial charge in [0.25, 0.3) is 11.8 Å². The highest BCUT2D eigenvalue weighted by Gasteiger charge is 2.43. The summed E-state index contributed by atoms with van der Waals surface area (Å²) in [6.07, 6.45) is -1.06. The summed E-state index contributed by atoms with van der Waals surface area (Å²) in [6.45, 7) is -0.0647. The zero-order chi connectivity index (χ0) is 25.6. The molecule has 184 valence electrons. The van der Waals surface area contributed by atoms with E-state index >= 15 is 0 Å². The van der Waals surface area contributed by atoms with Crippen LogP contribution in [0.5, 0.6) is 5.75 Å². The molecule has 1 aromatic heterocycles. The number of imide groups is 1. The maximum atomic E-state index is 13.4. The van der Waals surface area contributed by atoms with Gasteiger partial charge in [-0.1, -0.05) is 36.4 Å². The minimum Gasteiger partial charge on any atom is -0.488 e. The lowest BCUT2D eigenvalue weighted by Crippen LogP contribution is -2.45. The van der Waals surface area contributed by atoms with Crippen LogP contribution in [-0.4, -0.2) is 57.0 Å². The molecule has 36 heavy (non-hydrogen) atoms. The maximum absolute atomic E-state index is 13.4. The number of fused-ring (bicyclic) bond motifs is 2. The normalized spacial score (nSPS) is 16.6. The minimum absolute atomic E-state index is 0.0120. The third kappa shape index (κ3) is 3.83. The molecule has 1 atom stereocenters. The number of nitrogen functional groups attached to an aromatic ring is 1. The maximum Gasteiger partial charge on any atom is 0.407 e. The first-order valence-electron chi connectivity index (χ1n) is 11.1. The van der Waals surface area contributed by atoms with Gasteiger partial charge in [0.15, 0.2) is 0 Å². The lowest BCUT2D eigenvalue weighted by molar-refractivity contribution is 0.0567. The quantitative estimate of drug-likeness (QED) is 0.429. The van der Waals surface area contributed by atoms with E-state index in [1.54, 1.807) is 12.1 Å². The summed E-state index contributed by atoms with van der Waals surface area (Å²) in [5.74, 6) is -2.11. The van der Waals surface area contributed by atoms with Gasteiger partial charge in [0.2, 0.25) is 0 Å². The fourth-order valence-electron chi connectivity index (χ4n) is 4.69. The van der Waals surface area contributed by atoms with E-state index in [1.165, 1.54) is 6.07 Å². The van der Waals surface area contributed by atoms with Crippen molar-refractivity contribution in [3.05, 3.63) is 81.2 Å². The highest BCUT2D eigenvalue weighted by molar-refractivity contribution is 7.16. The Morgan fingerprint density at radius 1 is 1.06 bits per heavy atom. The van der Waals surface area contributed by atoms with Crippen molar-refractivity contribution >= 4 is 40.2 Å². The van der Waals surface area contributed by atoms with Crippen LogP contribution in [0.15, 0.2) is 48.5 Å². The number of carbonyl (C=O) groups excluding carboxylic acids is 2. The van der Waals surface area contributed by atoms with Crippen molar-refractivity contribution in [2.75, 3.05) is 18.8 Å². The van der Waals surface area contributed by atoms with Gasteiger partial charge in [-0.3, -0.25) is 19.4 Å². The number of hydrogen-bond acceptors (Lipinski definition) is 7. The number of thiophene rings is 1. The number of nitrogens with two attached hydrogens (primary N) is 1. The molecule has 4 N–H and O–H groups in total. The summed E-state index contributed by atoms with van der Waals surface area (Å²) < 4.78 is 5.87. The molecule has 3 aromatic rings. The molecular formula is C25H21N3O7S. The first-order valence-corrected chi connectivity index (χ1v) is 11.9. The number of ether oxygens (including phenoxy) is 1. The van der Waals surface area contributed by atoms with Gasteiger partial charge in [-0.05, 0) is 29.7 Å². The third-order valence-electron chi connectivity index (χ3n) is 6.36. The number of nitrogens with zero attached hydrogens (tertiary/aromatic N) is 2. The fourth-order valence-corrected chi connectivity index (χ4v) is 5.91. The Hall–Kier alpha value is -4.38. The van der Waals surface area contributed by atoms with E-state index in [0.717, 1.165) is 26.7 Å². The van der Waals surface area contributed by atoms with Crippen LogP contribution in [0, 0.1) is 0 Å². The van der Waals surface area contributed by atoms with E-state index in [1.807, 2.05) is 30.3 Å².